The molecule has 0 radical (unpaired) electrons. The zero-order valence-electron chi connectivity index (χ0n) is 10.4. The van der Waals surface area contributed by atoms with E-state index < -0.39 is 0 Å². The van der Waals surface area contributed by atoms with Crippen LogP contribution in [0.2, 0.25) is 0 Å². The van der Waals surface area contributed by atoms with Crippen LogP contribution in [-0.2, 0) is 4.74 Å². The molecule has 0 amide bonds. The predicted octanol–water partition coefficient (Wildman–Crippen LogP) is 2.60. The number of nitrogens with one attached hydrogen (secondary N) is 1. The molecule has 1 N–H and O–H groups in total. The Hall–Kier alpha value is -0.860. The zero-order valence-corrected chi connectivity index (χ0v) is 10.4. The van der Waals surface area contributed by atoms with Gasteiger partial charge in [0.25, 0.3) is 0 Å². The van der Waals surface area contributed by atoms with E-state index in [9.17, 15) is 0 Å². The van der Waals surface area contributed by atoms with Crippen LogP contribution in [0.25, 0.3) is 0 Å². The average molecular weight is 219 g/mol. The molecule has 1 saturated heterocycles. The summed E-state index contributed by atoms with van der Waals surface area (Å²) in [5.74, 6) is 0.616. The van der Waals surface area contributed by atoms with Gasteiger partial charge in [0.05, 0.1) is 6.10 Å². The van der Waals surface area contributed by atoms with Crippen molar-refractivity contribution >= 4 is 0 Å². The largest absolute Gasteiger partial charge is 0.373 e. The highest BCUT2D eigenvalue weighted by atomic mass is 16.5. The predicted molar refractivity (Wildman–Crippen MR) is 66.6 cm³/mol. The standard InChI is InChI=1S/C14H21NO/c1-10-5-4-6-11(2)13(10)14-12(9-15-3)7-8-16-14/h4-6,12,14-15H,7-9H2,1-3H3. The van der Waals surface area contributed by atoms with Gasteiger partial charge in [-0.25, -0.2) is 0 Å². The Morgan fingerprint density at radius 1 is 1.31 bits per heavy atom. The SMILES string of the molecule is CNCC1CCOC1c1c(C)cccc1C. The first-order chi connectivity index (χ1) is 7.74. The summed E-state index contributed by atoms with van der Waals surface area (Å²) >= 11 is 0. The summed E-state index contributed by atoms with van der Waals surface area (Å²) in [5, 5.41) is 3.27. The summed E-state index contributed by atoms with van der Waals surface area (Å²) in [4.78, 5) is 0. The highest BCUT2D eigenvalue weighted by Gasteiger charge is 2.30. The van der Waals surface area contributed by atoms with Crippen molar-refractivity contribution in [1.29, 1.82) is 0 Å². The molecule has 0 aromatic heterocycles. The van der Waals surface area contributed by atoms with Gasteiger partial charge in [0.1, 0.15) is 0 Å². The van der Waals surface area contributed by atoms with Gasteiger partial charge in [0.2, 0.25) is 0 Å². The third-order valence-corrected chi connectivity index (χ3v) is 3.51. The van der Waals surface area contributed by atoms with Crippen molar-refractivity contribution in [3.63, 3.8) is 0 Å². The number of rotatable bonds is 3. The maximum Gasteiger partial charge on any atom is 0.0871 e. The van der Waals surface area contributed by atoms with Gasteiger partial charge in [-0.15, -0.1) is 0 Å². The van der Waals surface area contributed by atoms with Crippen LogP contribution in [0.4, 0.5) is 0 Å². The average Bonchev–Trinajstić information content (AvgIpc) is 2.67. The fraction of sp³-hybridized carbons (Fsp3) is 0.571. The van der Waals surface area contributed by atoms with Gasteiger partial charge in [0, 0.05) is 19.1 Å². The van der Waals surface area contributed by atoms with Gasteiger partial charge >= 0.3 is 0 Å². The first-order valence-corrected chi connectivity index (χ1v) is 6.06. The minimum Gasteiger partial charge on any atom is -0.373 e. The maximum atomic E-state index is 5.93. The molecule has 1 aliphatic rings. The Labute approximate surface area is 98.0 Å². The Bertz CT molecular complexity index is 342. The van der Waals surface area contributed by atoms with E-state index in [0.29, 0.717) is 5.92 Å². The monoisotopic (exact) mass is 219 g/mol. The second-order valence-electron chi connectivity index (χ2n) is 4.70. The van der Waals surface area contributed by atoms with E-state index in [-0.39, 0.29) is 6.10 Å². The third kappa shape index (κ3) is 2.13. The maximum absolute atomic E-state index is 5.93. The van der Waals surface area contributed by atoms with E-state index in [4.69, 9.17) is 4.74 Å². The van der Waals surface area contributed by atoms with Gasteiger partial charge in [-0.2, -0.15) is 0 Å². The lowest BCUT2D eigenvalue weighted by molar-refractivity contribution is 0.0900. The van der Waals surface area contributed by atoms with Crippen molar-refractivity contribution in [3.8, 4) is 0 Å². The molecule has 16 heavy (non-hydrogen) atoms. The molecule has 2 rings (SSSR count). The lowest BCUT2D eigenvalue weighted by atomic mass is 9.89. The summed E-state index contributed by atoms with van der Waals surface area (Å²) in [6.45, 7) is 6.30. The summed E-state index contributed by atoms with van der Waals surface area (Å²) in [6, 6.07) is 6.48. The van der Waals surface area contributed by atoms with Crippen LogP contribution >= 0.6 is 0 Å². The van der Waals surface area contributed by atoms with Crippen LogP contribution in [0.1, 0.15) is 29.2 Å². The number of hydrogen-bond acceptors (Lipinski definition) is 2. The van der Waals surface area contributed by atoms with Crippen molar-refractivity contribution < 1.29 is 4.74 Å². The second kappa shape index (κ2) is 4.98. The third-order valence-electron chi connectivity index (χ3n) is 3.51. The molecule has 0 bridgehead atoms. The van der Waals surface area contributed by atoms with Gasteiger partial charge in [-0.05, 0) is 44.0 Å². The van der Waals surface area contributed by atoms with Crippen LogP contribution in [0.5, 0.6) is 0 Å². The molecule has 0 spiro atoms. The van der Waals surface area contributed by atoms with Gasteiger partial charge in [-0.1, -0.05) is 18.2 Å². The van der Waals surface area contributed by atoms with E-state index >= 15 is 0 Å². The summed E-state index contributed by atoms with van der Waals surface area (Å²) in [6.07, 6.45) is 1.45. The van der Waals surface area contributed by atoms with Crippen LogP contribution in [-0.4, -0.2) is 20.2 Å². The van der Waals surface area contributed by atoms with E-state index in [1.165, 1.54) is 23.1 Å². The molecule has 88 valence electrons. The Balaban J connectivity index is 2.29. The molecule has 2 unspecified atom stereocenters. The molecular formula is C14H21NO. The lowest BCUT2D eigenvalue weighted by Crippen LogP contribution is -2.22. The Kier molecular flexibility index (Phi) is 3.62. The summed E-state index contributed by atoms with van der Waals surface area (Å²) < 4.78 is 5.93. The molecule has 0 saturated carbocycles. The molecule has 2 nitrogen and oxygen atoms in total. The highest BCUT2D eigenvalue weighted by Crippen LogP contribution is 2.37. The first-order valence-electron chi connectivity index (χ1n) is 6.06. The fourth-order valence-electron chi connectivity index (χ4n) is 2.70. The molecule has 2 heteroatoms. The van der Waals surface area contributed by atoms with E-state index in [1.54, 1.807) is 0 Å². The summed E-state index contributed by atoms with van der Waals surface area (Å²) in [5.41, 5.74) is 4.11. The Morgan fingerprint density at radius 3 is 2.62 bits per heavy atom. The van der Waals surface area contributed by atoms with Crippen molar-refractivity contribution in [2.45, 2.75) is 26.4 Å². The van der Waals surface area contributed by atoms with E-state index in [0.717, 1.165) is 13.2 Å². The van der Waals surface area contributed by atoms with Gasteiger partial charge in [-0.3, -0.25) is 0 Å². The van der Waals surface area contributed by atoms with E-state index in [2.05, 4.69) is 37.4 Å². The molecule has 1 aromatic carbocycles. The molecule has 0 aliphatic carbocycles. The van der Waals surface area contributed by atoms with Crippen LogP contribution in [0.15, 0.2) is 18.2 Å². The van der Waals surface area contributed by atoms with Gasteiger partial charge < -0.3 is 10.1 Å². The first kappa shape index (κ1) is 11.6. The smallest absolute Gasteiger partial charge is 0.0871 e. The molecule has 1 aliphatic heterocycles. The normalized spacial score (nSPS) is 24.9. The molecule has 1 heterocycles. The quantitative estimate of drug-likeness (QED) is 0.843. The van der Waals surface area contributed by atoms with Crippen molar-refractivity contribution in [2.24, 2.45) is 5.92 Å². The topological polar surface area (TPSA) is 21.3 Å². The molecule has 2 atom stereocenters. The number of benzene rings is 1. The zero-order chi connectivity index (χ0) is 11.5. The lowest BCUT2D eigenvalue weighted by Gasteiger charge is -2.22. The van der Waals surface area contributed by atoms with Crippen molar-refractivity contribution in [3.05, 3.63) is 34.9 Å². The highest BCUT2D eigenvalue weighted by molar-refractivity contribution is 5.36. The Morgan fingerprint density at radius 2 is 2.00 bits per heavy atom. The minimum absolute atomic E-state index is 0.286. The van der Waals surface area contributed by atoms with Crippen molar-refractivity contribution in [1.82, 2.24) is 5.32 Å². The second-order valence-corrected chi connectivity index (χ2v) is 4.70. The van der Waals surface area contributed by atoms with Crippen LogP contribution < -0.4 is 5.32 Å². The van der Waals surface area contributed by atoms with Crippen molar-refractivity contribution in [2.75, 3.05) is 20.2 Å². The summed E-state index contributed by atoms with van der Waals surface area (Å²) in [7, 11) is 2.01. The van der Waals surface area contributed by atoms with Crippen LogP contribution in [0, 0.1) is 19.8 Å². The minimum atomic E-state index is 0.286. The fourth-order valence-corrected chi connectivity index (χ4v) is 2.70. The number of aryl methyl sites for hydroxylation is 2. The van der Waals surface area contributed by atoms with E-state index in [1.807, 2.05) is 7.05 Å². The van der Waals surface area contributed by atoms with Crippen LogP contribution in [0.3, 0.4) is 0 Å². The number of hydrogen-bond donors (Lipinski definition) is 1. The van der Waals surface area contributed by atoms with Gasteiger partial charge in [0.15, 0.2) is 0 Å². The molecule has 1 fully saturated rings. The molecular weight excluding hydrogens is 198 g/mol. The molecule has 1 aromatic rings. The number of ether oxygens (including phenoxy) is 1.